The molecule has 1 fully saturated rings. The van der Waals surface area contributed by atoms with Crippen LogP contribution in [-0.2, 0) is 4.79 Å². The van der Waals surface area contributed by atoms with Crippen LogP contribution >= 0.6 is 0 Å². The predicted octanol–water partition coefficient (Wildman–Crippen LogP) is 1.76. The van der Waals surface area contributed by atoms with E-state index in [1.165, 1.54) is 18.3 Å². The van der Waals surface area contributed by atoms with Crippen molar-refractivity contribution in [2.45, 2.75) is 19.8 Å². The number of nitrogens with zero attached hydrogens (tertiary/aromatic N) is 1. The van der Waals surface area contributed by atoms with E-state index in [9.17, 15) is 9.59 Å². The Bertz CT molecular complexity index is 455. The number of hydrogen-bond acceptors (Lipinski definition) is 3. The van der Waals surface area contributed by atoms with Crippen LogP contribution in [0.25, 0.3) is 0 Å². The Hall–Kier alpha value is -1.91. The van der Waals surface area contributed by atoms with Crippen molar-refractivity contribution in [3.63, 3.8) is 0 Å². The Labute approximate surface area is 98.9 Å². The van der Waals surface area contributed by atoms with Gasteiger partial charge in [-0.15, -0.1) is 0 Å². The SMILES string of the molecule is CC(C(=O)Nc1cc(C(=O)O)ccn1)C1CC1. The first-order valence-electron chi connectivity index (χ1n) is 5.58. The van der Waals surface area contributed by atoms with Crippen molar-refractivity contribution < 1.29 is 14.7 Å². The fraction of sp³-hybridized carbons (Fsp3) is 0.417. The Morgan fingerprint density at radius 1 is 1.53 bits per heavy atom. The molecule has 1 saturated carbocycles. The molecule has 2 N–H and O–H groups in total. The van der Waals surface area contributed by atoms with Crippen LogP contribution in [-0.4, -0.2) is 22.0 Å². The monoisotopic (exact) mass is 234 g/mol. The molecule has 0 aromatic carbocycles. The number of carboxylic acids is 1. The van der Waals surface area contributed by atoms with Gasteiger partial charge in [0.15, 0.2) is 0 Å². The molecule has 1 unspecified atom stereocenters. The highest BCUT2D eigenvalue weighted by Crippen LogP contribution is 2.36. The van der Waals surface area contributed by atoms with Crippen LogP contribution in [0.2, 0.25) is 0 Å². The molecule has 5 nitrogen and oxygen atoms in total. The van der Waals surface area contributed by atoms with E-state index in [4.69, 9.17) is 5.11 Å². The van der Waals surface area contributed by atoms with Crippen molar-refractivity contribution in [1.29, 1.82) is 0 Å². The molecule has 0 radical (unpaired) electrons. The number of aromatic nitrogens is 1. The van der Waals surface area contributed by atoms with Crippen LogP contribution in [0.15, 0.2) is 18.3 Å². The molecule has 17 heavy (non-hydrogen) atoms. The number of rotatable bonds is 4. The minimum Gasteiger partial charge on any atom is -0.478 e. The van der Waals surface area contributed by atoms with Crippen LogP contribution in [0.4, 0.5) is 5.82 Å². The molecule has 1 aromatic rings. The van der Waals surface area contributed by atoms with Crippen molar-refractivity contribution >= 4 is 17.7 Å². The molecular formula is C12H14N2O3. The maximum atomic E-state index is 11.8. The number of amides is 1. The molecule has 0 aliphatic heterocycles. The lowest BCUT2D eigenvalue weighted by Gasteiger charge is -2.10. The van der Waals surface area contributed by atoms with Gasteiger partial charge in [0, 0.05) is 12.1 Å². The lowest BCUT2D eigenvalue weighted by Crippen LogP contribution is -2.22. The first-order chi connectivity index (χ1) is 8.08. The van der Waals surface area contributed by atoms with Crippen LogP contribution < -0.4 is 5.32 Å². The van der Waals surface area contributed by atoms with Crippen LogP contribution in [0.5, 0.6) is 0 Å². The molecule has 0 saturated heterocycles. The quantitative estimate of drug-likeness (QED) is 0.832. The summed E-state index contributed by atoms with van der Waals surface area (Å²) in [6, 6.07) is 2.75. The molecule has 0 spiro atoms. The zero-order valence-corrected chi connectivity index (χ0v) is 9.51. The predicted molar refractivity (Wildman–Crippen MR) is 61.7 cm³/mol. The smallest absolute Gasteiger partial charge is 0.335 e. The van der Waals surface area contributed by atoms with Crippen molar-refractivity contribution in [2.24, 2.45) is 11.8 Å². The number of pyridine rings is 1. The highest BCUT2D eigenvalue weighted by molar-refractivity contribution is 5.94. The molecule has 1 aliphatic carbocycles. The van der Waals surface area contributed by atoms with E-state index >= 15 is 0 Å². The van der Waals surface area contributed by atoms with E-state index < -0.39 is 5.97 Å². The summed E-state index contributed by atoms with van der Waals surface area (Å²) < 4.78 is 0. The van der Waals surface area contributed by atoms with Gasteiger partial charge in [-0.3, -0.25) is 4.79 Å². The fourth-order valence-corrected chi connectivity index (χ4v) is 1.68. The summed E-state index contributed by atoms with van der Waals surface area (Å²) in [6.07, 6.45) is 3.56. The van der Waals surface area contributed by atoms with Gasteiger partial charge in [0.2, 0.25) is 5.91 Å². The second kappa shape index (κ2) is 4.53. The number of carbonyl (C=O) groups excluding carboxylic acids is 1. The standard InChI is InChI=1S/C12H14N2O3/c1-7(8-2-3-8)11(15)14-10-6-9(12(16)17)4-5-13-10/h4-8H,2-3H2,1H3,(H,16,17)(H,13,14,15). The van der Waals surface area contributed by atoms with E-state index in [1.807, 2.05) is 6.92 Å². The summed E-state index contributed by atoms with van der Waals surface area (Å²) in [6.45, 7) is 1.88. The molecule has 2 rings (SSSR count). The number of nitrogens with one attached hydrogen (secondary N) is 1. The zero-order valence-electron chi connectivity index (χ0n) is 9.51. The summed E-state index contributed by atoms with van der Waals surface area (Å²) in [5.74, 6) is -0.397. The van der Waals surface area contributed by atoms with Gasteiger partial charge >= 0.3 is 5.97 Å². The van der Waals surface area contributed by atoms with E-state index in [0.717, 1.165) is 12.8 Å². The molecule has 1 aromatic heterocycles. The number of anilines is 1. The van der Waals surface area contributed by atoms with E-state index in [1.54, 1.807) is 0 Å². The molecule has 5 heteroatoms. The van der Waals surface area contributed by atoms with Gasteiger partial charge in [0.25, 0.3) is 0 Å². The lowest BCUT2D eigenvalue weighted by atomic mass is 10.1. The van der Waals surface area contributed by atoms with Gasteiger partial charge in [-0.25, -0.2) is 9.78 Å². The molecule has 1 amide bonds. The zero-order chi connectivity index (χ0) is 12.4. The number of aromatic carboxylic acids is 1. The van der Waals surface area contributed by atoms with Gasteiger partial charge in [-0.2, -0.15) is 0 Å². The van der Waals surface area contributed by atoms with E-state index in [2.05, 4.69) is 10.3 Å². The maximum Gasteiger partial charge on any atom is 0.335 e. The molecule has 0 bridgehead atoms. The molecular weight excluding hydrogens is 220 g/mol. The van der Waals surface area contributed by atoms with Crippen LogP contribution in [0.1, 0.15) is 30.1 Å². The Balaban J connectivity index is 2.04. The van der Waals surface area contributed by atoms with E-state index in [-0.39, 0.29) is 17.4 Å². The maximum absolute atomic E-state index is 11.8. The van der Waals surface area contributed by atoms with Crippen LogP contribution in [0, 0.1) is 11.8 Å². The largest absolute Gasteiger partial charge is 0.478 e. The van der Waals surface area contributed by atoms with Crippen molar-refractivity contribution in [1.82, 2.24) is 4.98 Å². The van der Waals surface area contributed by atoms with Crippen LogP contribution in [0.3, 0.4) is 0 Å². The summed E-state index contributed by atoms with van der Waals surface area (Å²) >= 11 is 0. The number of carboxylic acid groups (broad SMARTS) is 1. The third-order valence-corrected chi connectivity index (χ3v) is 3.00. The fourth-order valence-electron chi connectivity index (χ4n) is 1.68. The minimum absolute atomic E-state index is 0.0368. The lowest BCUT2D eigenvalue weighted by molar-refractivity contribution is -0.119. The first kappa shape index (κ1) is 11.6. The second-order valence-corrected chi connectivity index (χ2v) is 4.35. The third kappa shape index (κ3) is 2.81. The topological polar surface area (TPSA) is 79.3 Å². The highest BCUT2D eigenvalue weighted by atomic mass is 16.4. The Morgan fingerprint density at radius 3 is 2.82 bits per heavy atom. The number of carbonyl (C=O) groups is 2. The van der Waals surface area contributed by atoms with Crippen molar-refractivity contribution in [3.05, 3.63) is 23.9 Å². The molecule has 1 heterocycles. The summed E-state index contributed by atoms with van der Waals surface area (Å²) in [5, 5.41) is 11.5. The average Bonchev–Trinajstić information content (AvgIpc) is 3.12. The number of hydrogen-bond donors (Lipinski definition) is 2. The Morgan fingerprint density at radius 2 is 2.24 bits per heavy atom. The second-order valence-electron chi connectivity index (χ2n) is 4.35. The summed E-state index contributed by atoms with van der Waals surface area (Å²) in [4.78, 5) is 26.5. The third-order valence-electron chi connectivity index (χ3n) is 3.00. The highest BCUT2D eigenvalue weighted by Gasteiger charge is 2.32. The van der Waals surface area contributed by atoms with Crippen molar-refractivity contribution in [3.8, 4) is 0 Å². The van der Waals surface area contributed by atoms with Gasteiger partial charge in [-0.1, -0.05) is 6.92 Å². The normalized spacial score (nSPS) is 16.3. The molecule has 1 atom stereocenters. The van der Waals surface area contributed by atoms with E-state index in [0.29, 0.717) is 11.7 Å². The van der Waals surface area contributed by atoms with Crippen molar-refractivity contribution in [2.75, 3.05) is 5.32 Å². The minimum atomic E-state index is -1.03. The molecule has 1 aliphatic rings. The summed E-state index contributed by atoms with van der Waals surface area (Å²) in [7, 11) is 0. The summed E-state index contributed by atoms with van der Waals surface area (Å²) in [5.41, 5.74) is 0.120. The average molecular weight is 234 g/mol. The van der Waals surface area contributed by atoms with Gasteiger partial charge in [-0.05, 0) is 30.9 Å². The van der Waals surface area contributed by atoms with Gasteiger partial charge in [0.05, 0.1) is 5.56 Å². The van der Waals surface area contributed by atoms with Gasteiger partial charge in [0.1, 0.15) is 5.82 Å². The molecule has 90 valence electrons. The first-order valence-corrected chi connectivity index (χ1v) is 5.58. The Kier molecular flexibility index (Phi) is 3.08. The van der Waals surface area contributed by atoms with Gasteiger partial charge < -0.3 is 10.4 Å².